The van der Waals surface area contributed by atoms with Crippen molar-refractivity contribution in [2.24, 2.45) is 0 Å². The van der Waals surface area contributed by atoms with Crippen molar-refractivity contribution in [3.63, 3.8) is 0 Å². The zero-order valence-corrected chi connectivity index (χ0v) is 12.2. The molecule has 7 heteroatoms. The number of rotatable bonds is 7. The summed E-state index contributed by atoms with van der Waals surface area (Å²) in [6.07, 6.45) is 0.00501. The number of nitrogens with zero attached hydrogens (tertiary/aromatic N) is 1. The Morgan fingerprint density at radius 2 is 2.10 bits per heavy atom. The van der Waals surface area contributed by atoms with E-state index < -0.39 is 11.0 Å². The molecule has 0 spiro atoms. The fourth-order valence-corrected chi connectivity index (χ4v) is 1.65. The van der Waals surface area contributed by atoms with Crippen LogP contribution < -0.4 is 10.1 Å². The monoisotopic (exact) mass is 294 g/mol. The Morgan fingerprint density at radius 1 is 1.43 bits per heavy atom. The number of carbonyl (C=O) groups excluding carboxylic acids is 2. The minimum atomic E-state index is -0.795. The van der Waals surface area contributed by atoms with Crippen molar-refractivity contribution in [3.05, 3.63) is 33.9 Å². The molecule has 21 heavy (non-hydrogen) atoms. The number of hydrogen-bond donors (Lipinski definition) is 1. The summed E-state index contributed by atoms with van der Waals surface area (Å²) in [4.78, 5) is 33.4. The summed E-state index contributed by atoms with van der Waals surface area (Å²) in [5.74, 6) is -0.508. The summed E-state index contributed by atoms with van der Waals surface area (Å²) >= 11 is 0. The normalized spacial score (nSPS) is 11.6. The van der Waals surface area contributed by atoms with Gasteiger partial charge in [-0.05, 0) is 26.3 Å². The van der Waals surface area contributed by atoms with Crippen LogP contribution in [0, 0.1) is 10.1 Å². The molecule has 0 aromatic heterocycles. The summed E-state index contributed by atoms with van der Waals surface area (Å²) in [5.41, 5.74) is -0.116. The van der Waals surface area contributed by atoms with Gasteiger partial charge in [0.15, 0.2) is 11.9 Å². The number of carbonyl (C=O) groups is 2. The van der Waals surface area contributed by atoms with E-state index in [1.807, 2.05) is 6.92 Å². The second kappa shape index (κ2) is 7.37. The summed E-state index contributed by atoms with van der Waals surface area (Å²) in [7, 11) is 0. The van der Waals surface area contributed by atoms with Gasteiger partial charge in [-0.3, -0.25) is 19.7 Å². The Hall–Kier alpha value is -2.44. The van der Waals surface area contributed by atoms with E-state index in [1.54, 1.807) is 6.92 Å². The highest BCUT2D eigenvalue weighted by atomic mass is 16.6. The average molecular weight is 294 g/mol. The Kier molecular flexibility index (Phi) is 5.83. The Morgan fingerprint density at radius 3 is 2.62 bits per heavy atom. The Bertz CT molecular complexity index is 556. The zero-order chi connectivity index (χ0) is 16.0. The molecule has 0 saturated heterocycles. The maximum atomic E-state index is 11.7. The number of nitro groups is 1. The number of benzene rings is 1. The smallest absolute Gasteiger partial charge is 0.270 e. The van der Waals surface area contributed by atoms with E-state index in [4.69, 9.17) is 4.74 Å². The molecule has 0 aliphatic rings. The van der Waals surface area contributed by atoms with Gasteiger partial charge in [0.25, 0.3) is 11.6 Å². The number of hydrogen-bond acceptors (Lipinski definition) is 5. The largest absolute Gasteiger partial charge is 0.480 e. The molecule has 0 aliphatic heterocycles. The Balaban J connectivity index is 2.94. The topological polar surface area (TPSA) is 98.5 Å². The Labute approximate surface area is 122 Å². The predicted molar refractivity (Wildman–Crippen MR) is 76.5 cm³/mol. The summed E-state index contributed by atoms with van der Waals surface area (Å²) in [6.45, 7) is 5.30. The van der Waals surface area contributed by atoms with E-state index in [2.05, 4.69) is 5.32 Å². The highest BCUT2D eigenvalue weighted by Crippen LogP contribution is 2.25. The van der Waals surface area contributed by atoms with E-state index in [1.165, 1.54) is 19.1 Å². The number of ether oxygens (including phenoxy) is 1. The maximum Gasteiger partial charge on any atom is 0.270 e. The van der Waals surface area contributed by atoms with Crippen molar-refractivity contribution in [1.82, 2.24) is 5.32 Å². The van der Waals surface area contributed by atoms with Crippen molar-refractivity contribution < 1.29 is 19.2 Å². The summed E-state index contributed by atoms with van der Waals surface area (Å²) < 4.78 is 5.44. The van der Waals surface area contributed by atoms with Gasteiger partial charge in [-0.25, -0.2) is 0 Å². The van der Waals surface area contributed by atoms with Crippen molar-refractivity contribution >= 4 is 17.4 Å². The lowest BCUT2D eigenvalue weighted by Gasteiger charge is -2.16. The van der Waals surface area contributed by atoms with E-state index >= 15 is 0 Å². The summed E-state index contributed by atoms with van der Waals surface area (Å²) in [5, 5.41) is 13.4. The minimum absolute atomic E-state index is 0.0827. The van der Waals surface area contributed by atoms with E-state index in [-0.39, 0.29) is 28.7 Å². The highest BCUT2D eigenvalue weighted by molar-refractivity contribution is 5.97. The van der Waals surface area contributed by atoms with Gasteiger partial charge in [0, 0.05) is 18.7 Å². The molecule has 1 aromatic carbocycles. The third kappa shape index (κ3) is 4.55. The van der Waals surface area contributed by atoms with Crippen LogP contribution in [0.3, 0.4) is 0 Å². The van der Waals surface area contributed by atoms with Gasteiger partial charge < -0.3 is 10.1 Å². The fourth-order valence-electron chi connectivity index (χ4n) is 1.65. The van der Waals surface area contributed by atoms with Crippen molar-refractivity contribution in [2.75, 3.05) is 6.54 Å². The van der Waals surface area contributed by atoms with Gasteiger partial charge in [0.1, 0.15) is 5.75 Å². The SMILES string of the molecule is CCCNC(=O)C(C)Oc1ccc([N+](=O)[O-])cc1C(C)=O. The zero-order valence-electron chi connectivity index (χ0n) is 12.2. The molecule has 1 aromatic rings. The first-order valence-corrected chi connectivity index (χ1v) is 6.60. The van der Waals surface area contributed by atoms with Crippen LogP contribution in [0.2, 0.25) is 0 Å². The van der Waals surface area contributed by atoms with Crippen LogP contribution in [0.1, 0.15) is 37.6 Å². The van der Waals surface area contributed by atoms with Crippen LogP contribution in [0.25, 0.3) is 0 Å². The van der Waals surface area contributed by atoms with Gasteiger partial charge in [0.05, 0.1) is 10.5 Å². The third-order valence-corrected chi connectivity index (χ3v) is 2.78. The first-order valence-electron chi connectivity index (χ1n) is 6.60. The molecule has 1 N–H and O–H groups in total. The van der Waals surface area contributed by atoms with E-state index in [0.717, 1.165) is 12.5 Å². The predicted octanol–water partition coefficient (Wildman–Crippen LogP) is 2.09. The molecule has 7 nitrogen and oxygen atoms in total. The molecule has 0 bridgehead atoms. The molecule has 0 heterocycles. The second-order valence-electron chi connectivity index (χ2n) is 4.54. The number of amides is 1. The molecule has 1 rings (SSSR count). The highest BCUT2D eigenvalue weighted by Gasteiger charge is 2.19. The van der Waals surface area contributed by atoms with Gasteiger partial charge in [-0.1, -0.05) is 6.92 Å². The van der Waals surface area contributed by atoms with Gasteiger partial charge in [0.2, 0.25) is 0 Å². The van der Waals surface area contributed by atoms with Crippen molar-refractivity contribution in [2.45, 2.75) is 33.3 Å². The minimum Gasteiger partial charge on any atom is -0.480 e. The first kappa shape index (κ1) is 16.6. The van der Waals surface area contributed by atoms with Crippen LogP contribution in [-0.4, -0.2) is 29.3 Å². The van der Waals surface area contributed by atoms with Crippen LogP contribution >= 0.6 is 0 Å². The van der Waals surface area contributed by atoms with Gasteiger partial charge >= 0.3 is 0 Å². The van der Waals surface area contributed by atoms with Crippen LogP contribution in [0.5, 0.6) is 5.75 Å². The van der Waals surface area contributed by atoms with Crippen molar-refractivity contribution in [1.29, 1.82) is 0 Å². The third-order valence-electron chi connectivity index (χ3n) is 2.78. The average Bonchev–Trinajstić information content (AvgIpc) is 2.44. The lowest BCUT2D eigenvalue weighted by molar-refractivity contribution is -0.384. The number of nitro benzene ring substituents is 1. The van der Waals surface area contributed by atoms with Crippen LogP contribution in [0.4, 0.5) is 5.69 Å². The molecule has 1 unspecified atom stereocenters. The van der Waals surface area contributed by atoms with E-state index in [9.17, 15) is 19.7 Å². The van der Waals surface area contributed by atoms with Gasteiger partial charge in [-0.2, -0.15) is 0 Å². The first-order chi connectivity index (χ1) is 9.86. The van der Waals surface area contributed by atoms with Gasteiger partial charge in [-0.15, -0.1) is 0 Å². The number of ketones is 1. The van der Waals surface area contributed by atoms with E-state index in [0.29, 0.717) is 6.54 Å². The number of nitrogens with one attached hydrogen (secondary N) is 1. The van der Waals surface area contributed by atoms with Crippen molar-refractivity contribution in [3.8, 4) is 5.75 Å². The molecule has 0 radical (unpaired) electrons. The van der Waals surface area contributed by atoms with Crippen LogP contribution in [-0.2, 0) is 4.79 Å². The molecular weight excluding hydrogens is 276 g/mol. The quantitative estimate of drug-likeness (QED) is 0.471. The standard InChI is InChI=1S/C14H18N2O5/c1-4-7-15-14(18)10(3)21-13-6-5-11(16(19)20)8-12(13)9(2)17/h5-6,8,10H,4,7H2,1-3H3,(H,15,18). The number of non-ortho nitro benzene ring substituents is 1. The fraction of sp³-hybridized carbons (Fsp3) is 0.429. The maximum absolute atomic E-state index is 11.7. The molecule has 0 saturated carbocycles. The molecule has 0 aliphatic carbocycles. The summed E-state index contributed by atoms with van der Waals surface area (Å²) in [6, 6.07) is 3.71. The molecule has 1 amide bonds. The molecule has 114 valence electrons. The lowest BCUT2D eigenvalue weighted by atomic mass is 10.1. The molecule has 1 atom stereocenters. The molecular formula is C14H18N2O5. The number of Topliss-reactive ketones (excluding diaryl/α,β-unsaturated/α-hetero) is 1. The lowest BCUT2D eigenvalue weighted by Crippen LogP contribution is -2.36. The molecule has 0 fully saturated rings. The second-order valence-corrected chi connectivity index (χ2v) is 4.54. The van der Waals surface area contributed by atoms with Crippen LogP contribution in [0.15, 0.2) is 18.2 Å².